The van der Waals surface area contributed by atoms with Gasteiger partial charge in [0.2, 0.25) is 0 Å². The maximum absolute atomic E-state index is 10.6. The van der Waals surface area contributed by atoms with Crippen molar-refractivity contribution in [2.45, 2.75) is 0 Å². The lowest BCUT2D eigenvalue weighted by Gasteiger charge is -1.91. The molecule has 0 aliphatic carbocycles. The van der Waals surface area contributed by atoms with Gasteiger partial charge in [-0.2, -0.15) is 4.37 Å². The third-order valence-electron chi connectivity index (χ3n) is 1.66. The van der Waals surface area contributed by atoms with E-state index in [0.29, 0.717) is 5.39 Å². The van der Waals surface area contributed by atoms with Gasteiger partial charge in [-0.1, -0.05) is 0 Å². The predicted molar refractivity (Wildman–Crippen MR) is 48.2 cm³/mol. The largest absolute Gasteiger partial charge is 0.508 e. The van der Waals surface area contributed by atoms with Crippen LogP contribution in [0.15, 0.2) is 18.2 Å². The molecule has 0 fully saturated rings. The van der Waals surface area contributed by atoms with Crippen LogP contribution in [0.5, 0.6) is 5.75 Å². The highest BCUT2D eigenvalue weighted by Gasteiger charge is 2.12. The first-order chi connectivity index (χ1) is 6.18. The van der Waals surface area contributed by atoms with Gasteiger partial charge in [0.05, 0.1) is 4.70 Å². The number of aromatic hydroxyl groups is 1. The average Bonchev–Trinajstić information content (AvgIpc) is 2.46. The Kier molecular flexibility index (Phi) is 1.66. The van der Waals surface area contributed by atoms with Crippen LogP contribution in [0.25, 0.3) is 10.1 Å². The Morgan fingerprint density at radius 1 is 1.46 bits per heavy atom. The lowest BCUT2D eigenvalue weighted by molar-refractivity contribution is 0.0694. The lowest BCUT2D eigenvalue weighted by Crippen LogP contribution is -1.95. The van der Waals surface area contributed by atoms with Crippen LogP contribution in [-0.2, 0) is 0 Å². The van der Waals surface area contributed by atoms with Crippen LogP contribution in [0.3, 0.4) is 0 Å². The zero-order valence-electron chi connectivity index (χ0n) is 6.39. The summed E-state index contributed by atoms with van der Waals surface area (Å²) in [5.41, 5.74) is -0.00380. The van der Waals surface area contributed by atoms with Crippen molar-refractivity contribution in [3.05, 3.63) is 23.9 Å². The van der Waals surface area contributed by atoms with Crippen LogP contribution in [0.2, 0.25) is 0 Å². The molecule has 2 N–H and O–H groups in total. The molecule has 4 nitrogen and oxygen atoms in total. The van der Waals surface area contributed by atoms with Gasteiger partial charge in [-0.15, -0.1) is 0 Å². The second-order valence-electron chi connectivity index (χ2n) is 2.52. The standard InChI is InChI=1S/C8H5NO3S/c10-4-1-2-6-5(3-4)7(8(11)12)9-13-6/h1-3,10H,(H,11,12). The molecule has 0 amide bonds. The minimum atomic E-state index is -1.07. The van der Waals surface area contributed by atoms with Crippen LogP contribution < -0.4 is 0 Å². The maximum Gasteiger partial charge on any atom is 0.356 e. The van der Waals surface area contributed by atoms with E-state index in [1.165, 1.54) is 12.1 Å². The smallest absolute Gasteiger partial charge is 0.356 e. The summed E-state index contributed by atoms with van der Waals surface area (Å²) in [6.07, 6.45) is 0. The molecule has 0 bridgehead atoms. The van der Waals surface area contributed by atoms with E-state index in [-0.39, 0.29) is 11.4 Å². The average molecular weight is 195 g/mol. The fraction of sp³-hybridized carbons (Fsp3) is 0. The van der Waals surface area contributed by atoms with Gasteiger partial charge in [-0.3, -0.25) is 0 Å². The summed E-state index contributed by atoms with van der Waals surface area (Å²) >= 11 is 1.11. The quantitative estimate of drug-likeness (QED) is 0.726. The number of carboxylic acids is 1. The number of hydrogen-bond acceptors (Lipinski definition) is 4. The van der Waals surface area contributed by atoms with Crippen molar-refractivity contribution < 1.29 is 15.0 Å². The van der Waals surface area contributed by atoms with E-state index >= 15 is 0 Å². The van der Waals surface area contributed by atoms with Gasteiger partial charge < -0.3 is 10.2 Å². The zero-order chi connectivity index (χ0) is 9.42. The number of carbonyl (C=O) groups is 1. The number of phenols is 1. The minimum absolute atomic E-state index is 0.00380. The van der Waals surface area contributed by atoms with Gasteiger partial charge >= 0.3 is 5.97 Å². The summed E-state index contributed by atoms with van der Waals surface area (Å²) < 4.78 is 4.53. The third-order valence-corrected chi connectivity index (χ3v) is 2.48. The Bertz CT molecular complexity index is 477. The number of carboxylic acid groups (broad SMARTS) is 1. The zero-order valence-corrected chi connectivity index (χ0v) is 7.21. The highest BCUT2D eigenvalue weighted by molar-refractivity contribution is 7.13. The van der Waals surface area contributed by atoms with Crippen LogP contribution in [-0.4, -0.2) is 20.6 Å². The van der Waals surface area contributed by atoms with Gasteiger partial charge in [-0.05, 0) is 29.7 Å². The number of hydrogen-bond donors (Lipinski definition) is 2. The highest BCUT2D eigenvalue weighted by Crippen LogP contribution is 2.26. The molecule has 0 radical (unpaired) electrons. The Hall–Kier alpha value is -1.62. The molecule has 0 atom stereocenters. The van der Waals surface area contributed by atoms with Crippen molar-refractivity contribution in [3.63, 3.8) is 0 Å². The van der Waals surface area contributed by atoms with E-state index in [0.717, 1.165) is 16.2 Å². The molecular weight excluding hydrogens is 190 g/mol. The van der Waals surface area contributed by atoms with Crippen molar-refractivity contribution in [2.24, 2.45) is 0 Å². The minimum Gasteiger partial charge on any atom is -0.508 e. The van der Waals surface area contributed by atoms with E-state index in [2.05, 4.69) is 4.37 Å². The SMILES string of the molecule is O=C(O)c1nsc2ccc(O)cc12. The Morgan fingerprint density at radius 2 is 2.23 bits per heavy atom. The second-order valence-corrected chi connectivity index (χ2v) is 3.32. The fourth-order valence-corrected chi connectivity index (χ4v) is 1.83. The van der Waals surface area contributed by atoms with Crippen molar-refractivity contribution in [2.75, 3.05) is 0 Å². The van der Waals surface area contributed by atoms with Crippen LogP contribution in [0, 0.1) is 0 Å². The van der Waals surface area contributed by atoms with E-state index in [1.54, 1.807) is 6.07 Å². The fourth-order valence-electron chi connectivity index (χ4n) is 1.08. The first kappa shape index (κ1) is 8.00. The van der Waals surface area contributed by atoms with Crippen molar-refractivity contribution in [1.29, 1.82) is 0 Å². The Balaban J connectivity index is 2.79. The first-order valence-corrected chi connectivity index (χ1v) is 4.27. The molecular formula is C8H5NO3S. The molecule has 5 heteroatoms. The molecule has 0 saturated carbocycles. The molecule has 66 valence electrons. The second kappa shape index (κ2) is 2.70. The topological polar surface area (TPSA) is 70.4 Å². The normalized spacial score (nSPS) is 10.5. The van der Waals surface area contributed by atoms with E-state index < -0.39 is 5.97 Å². The number of benzene rings is 1. The molecule has 0 saturated heterocycles. The van der Waals surface area contributed by atoms with Gasteiger partial charge in [0.15, 0.2) is 5.69 Å². The highest BCUT2D eigenvalue weighted by atomic mass is 32.1. The Morgan fingerprint density at radius 3 is 2.92 bits per heavy atom. The number of fused-ring (bicyclic) bond motifs is 1. The van der Waals surface area contributed by atoms with Crippen molar-refractivity contribution in [1.82, 2.24) is 4.37 Å². The maximum atomic E-state index is 10.6. The molecule has 2 aromatic rings. The summed E-state index contributed by atoms with van der Waals surface area (Å²) in [6.45, 7) is 0. The molecule has 2 rings (SSSR count). The Labute approximate surface area is 77.2 Å². The number of aromatic nitrogens is 1. The molecule has 1 aromatic heterocycles. The molecule has 1 aromatic carbocycles. The summed E-state index contributed by atoms with van der Waals surface area (Å²) in [5, 5.41) is 18.3. The van der Waals surface area contributed by atoms with Crippen LogP contribution in [0.1, 0.15) is 10.5 Å². The van der Waals surface area contributed by atoms with Crippen molar-refractivity contribution in [3.8, 4) is 5.75 Å². The van der Waals surface area contributed by atoms with Gasteiger partial charge in [0.1, 0.15) is 5.75 Å². The predicted octanol–water partition coefficient (Wildman–Crippen LogP) is 1.70. The summed E-state index contributed by atoms with van der Waals surface area (Å²) in [7, 11) is 0. The van der Waals surface area contributed by atoms with E-state index in [1.807, 2.05) is 0 Å². The number of aromatic carboxylic acids is 1. The van der Waals surface area contributed by atoms with Gasteiger partial charge in [0, 0.05) is 5.39 Å². The van der Waals surface area contributed by atoms with Crippen LogP contribution >= 0.6 is 11.5 Å². The van der Waals surface area contributed by atoms with Gasteiger partial charge in [-0.25, -0.2) is 4.79 Å². The summed E-state index contributed by atoms with van der Waals surface area (Å²) in [4.78, 5) is 10.6. The van der Waals surface area contributed by atoms with Crippen LogP contribution in [0.4, 0.5) is 0 Å². The number of rotatable bonds is 1. The molecule has 0 unspecified atom stereocenters. The molecule has 1 heterocycles. The molecule has 0 aliphatic heterocycles. The number of nitrogens with zero attached hydrogens (tertiary/aromatic N) is 1. The summed E-state index contributed by atoms with van der Waals surface area (Å²) in [6, 6.07) is 4.56. The monoisotopic (exact) mass is 195 g/mol. The first-order valence-electron chi connectivity index (χ1n) is 3.50. The lowest BCUT2D eigenvalue weighted by atomic mass is 10.2. The third kappa shape index (κ3) is 1.23. The van der Waals surface area contributed by atoms with E-state index in [9.17, 15) is 4.79 Å². The summed E-state index contributed by atoms with van der Waals surface area (Å²) in [5.74, 6) is -1.02. The van der Waals surface area contributed by atoms with Gasteiger partial charge in [0.25, 0.3) is 0 Å². The number of phenolic OH excluding ortho intramolecular Hbond substituents is 1. The molecule has 13 heavy (non-hydrogen) atoms. The molecule has 0 aliphatic rings. The molecule has 0 spiro atoms. The van der Waals surface area contributed by atoms with Crippen molar-refractivity contribution >= 4 is 27.6 Å². The van der Waals surface area contributed by atoms with E-state index in [4.69, 9.17) is 10.2 Å².